The number of amides is 1. The van der Waals surface area contributed by atoms with Crippen LogP contribution < -0.4 is 11.1 Å². The van der Waals surface area contributed by atoms with Gasteiger partial charge in [-0.3, -0.25) is 4.79 Å². The van der Waals surface area contributed by atoms with Gasteiger partial charge in [0.1, 0.15) is 5.75 Å². The van der Waals surface area contributed by atoms with Crippen molar-refractivity contribution in [3.8, 4) is 5.75 Å². The topological polar surface area (TPSA) is 75.3 Å². The first-order valence-electron chi connectivity index (χ1n) is 3.61. The van der Waals surface area contributed by atoms with Gasteiger partial charge in [-0.1, -0.05) is 11.6 Å². The Morgan fingerprint density at radius 2 is 2.31 bits per heavy atom. The van der Waals surface area contributed by atoms with E-state index in [2.05, 4.69) is 5.32 Å². The second-order valence-electron chi connectivity index (χ2n) is 2.39. The fourth-order valence-electron chi connectivity index (χ4n) is 1.03. The Morgan fingerprint density at radius 3 is 2.85 bits per heavy atom. The van der Waals surface area contributed by atoms with Crippen LogP contribution in [-0.2, 0) is 11.3 Å². The molecule has 4 N–H and O–H groups in total. The number of nitrogens with one attached hydrogen (secondary N) is 1. The molecule has 0 heterocycles. The molecule has 1 rings (SSSR count). The molecule has 0 saturated heterocycles. The molecule has 70 valence electrons. The van der Waals surface area contributed by atoms with Crippen molar-refractivity contribution < 1.29 is 9.90 Å². The van der Waals surface area contributed by atoms with E-state index in [0.29, 0.717) is 22.7 Å². The van der Waals surface area contributed by atoms with Crippen LogP contribution in [0.25, 0.3) is 0 Å². The normalized spacial score (nSPS) is 9.69. The molecule has 0 aliphatic rings. The van der Waals surface area contributed by atoms with E-state index in [4.69, 9.17) is 17.3 Å². The number of phenols is 1. The minimum atomic E-state index is 0.0243. The van der Waals surface area contributed by atoms with E-state index in [1.54, 1.807) is 0 Å². The summed E-state index contributed by atoms with van der Waals surface area (Å²) in [4.78, 5) is 10.2. The van der Waals surface area contributed by atoms with Crippen molar-refractivity contribution in [2.45, 2.75) is 6.54 Å². The molecule has 0 fully saturated rings. The third kappa shape index (κ3) is 1.91. The first-order valence-corrected chi connectivity index (χ1v) is 3.99. The standard InChI is InChI=1S/C8H9ClN2O2/c9-6-1-2-7(13)5(3-10)8(6)11-4-12/h1-2,4,13H,3,10H2,(H,11,12). The number of hydrogen-bond donors (Lipinski definition) is 3. The predicted octanol–water partition coefficient (Wildman–Crippen LogP) is 1.07. The smallest absolute Gasteiger partial charge is 0.211 e. The molecule has 1 aromatic rings. The van der Waals surface area contributed by atoms with Gasteiger partial charge in [-0.2, -0.15) is 0 Å². The lowest BCUT2D eigenvalue weighted by atomic mass is 10.1. The summed E-state index contributed by atoms with van der Waals surface area (Å²) in [5.74, 6) is 0.0243. The van der Waals surface area contributed by atoms with Crippen LogP contribution in [0, 0.1) is 0 Å². The highest BCUT2D eigenvalue weighted by Gasteiger charge is 2.09. The number of aromatic hydroxyl groups is 1. The van der Waals surface area contributed by atoms with E-state index in [-0.39, 0.29) is 12.3 Å². The molecule has 0 radical (unpaired) electrons. The lowest BCUT2D eigenvalue weighted by Gasteiger charge is -2.09. The molecule has 13 heavy (non-hydrogen) atoms. The Hall–Kier alpha value is -1.26. The number of phenolic OH excluding ortho intramolecular Hbond substituents is 1. The SMILES string of the molecule is NCc1c(O)ccc(Cl)c1NC=O. The summed E-state index contributed by atoms with van der Waals surface area (Å²) >= 11 is 5.77. The first kappa shape index (κ1) is 9.83. The second kappa shape index (κ2) is 4.11. The average Bonchev–Trinajstić information content (AvgIpc) is 2.12. The number of hydrogen-bond acceptors (Lipinski definition) is 3. The van der Waals surface area contributed by atoms with Crippen molar-refractivity contribution in [1.82, 2.24) is 0 Å². The van der Waals surface area contributed by atoms with Crippen molar-refractivity contribution in [1.29, 1.82) is 0 Å². The summed E-state index contributed by atoms with van der Waals surface area (Å²) in [5, 5.41) is 12.1. The van der Waals surface area contributed by atoms with Gasteiger partial charge in [0.15, 0.2) is 0 Å². The molecular weight excluding hydrogens is 192 g/mol. The zero-order valence-corrected chi connectivity index (χ0v) is 7.51. The van der Waals surface area contributed by atoms with Crippen molar-refractivity contribution in [2.24, 2.45) is 5.73 Å². The molecular formula is C8H9ClN2O2. The predicted molar refractivity (Wildman–Crippen MR) is 50.7 cm³/mol. The summed E-state index contributed by atoms with van der Waals surface area (Å²) in [7, 11) is 0. The fourth-order valence-corrected chi connectivity index (χ4v) is 1.26. The van der Waals surface area contributed by atoms with E-state index in [1.165, 1.54) is 12.1 Å². The average molecular weight is 201 g/mol. The van der Waals surface area contributed by atoms with Crippen LogP contribution >= 0.6 is 11.6 Å². The minimum absolute atomic E-state index is 0.0243. The lowest BCUT2D eigenvalue weighted by molar-refractivity contribution is -0.105. The maximum absolute atomic E-state index is 10.2. The summed E-state index contributed by atoms with van der Waals surface area (Å²) in [6.45, 7) is 0.114. The number of carbonyl (C=O) groups is 1. The van der Waals surface area contributed by atoms with Gasteiger partial charge >= 0.3 is 0 Å². The highest BCUT2D eigenvalue weighted by Crippen LogP contribution is 2.31. The molecule has 0 aliphatic heterocycles. The number of halogens is 1. The Labute approximate surface area is 80.3 Å². The Bertz CT molecular complexity index is 328. The lowest BCUT2D eigenvalue weighted by Crippen LogP contribution is -2.04. The van der Waals surface area contributed by atoms with Crippen molar-refractivity contribution in [3.05, 3.63) is 22.7 Å². The van der Waals surface area contributed by atoms with Crippen molar-refractivity contribution >= 4 is 23.7 Å². The first-order chi connectivity index (χ1) is 6.20. The Kier molecular flexibility index (Phi) is 3.11. The van der Waals surface area contributed by atoms with Crippen LogP contribution in [0.2, 0.25) is 5.02 Å². The molecule has 4 nitrogen and oxygen atoms in total. The van der Waals surface area contributed by atoms with Gasteiger partial charge in [-0.15, -0.1) is 0 Å². The van der Waals surface area contributed by atoms with Crippen LogP contribution in [0.3, 0.4) is 0 Å². The monoisotopic (exact) mass is 200 g/mol. The summed E-state index contributed by atoms with van der Waals surface area (Å²) < 4.78 is 0. The highest BCUT2D eigenvalue weighted by atomic mass is 35.5. The number of rotatable bonds is 3. The van der Waals surface area contributed by atoms with Crippen molar-refractivity contribution in [2.75, 3.05) is 5.32 Å². The molecule has 0 spiro atoms. The van der Waals surface area contributed by atoms with Crippen LogP contribution in [-0.4, -0.2) is 11.5 Å². The third-order valence-corrected chi connectivity index (χ3v) is 1.96. The number of carbonyl (C=O) groups excluding carboxylic acids is 1. The molecule has 0 aromatic heterocycles. The van der Waals surface area contributed by atoms with Crippen molar-refractivity contribution in [3.63, 3.8) is 0 Å². The van der Waals surface area contributed by atoms with E-state index >= 15 is 0 Å². The van der Waals surface area contributed by atoms with Gasteiger partial charge in [0.25, 0.3) is 0 Å². The molecule has 0 atom stereocenters. The van der Waals surface area contributed by atoms with Gasteiger partial charge in [0, 0.05) is 12.1 Å². The quantitative estimate of drug-likeness (QED) is 0.639. The highest BCUT2D eigenvalue weighted by molar-refractivity contribution is 6.33. The summed E-state index contributed by atoms with van der Waals surface area (Å²) in [5.41, 5.74) is 6.17. The molecule has 0 saturated carbocycles. The summed E-state index contributed by atoms with van der Waals surface area (Å²) in [6.07, 6.45) is 0.486. The Balaban J connectivity index is 3.25. The number of anilines is 1. The van der Waals surface area contributed by atoms with Crippen LogP contribution in [0.5, 0.6) is 5.75 Å². The van der Waals surface area contributed by atoms with Gasteiger partial charge < -0.3 is 16.2 Å². The molecule has 0 aliphatic carbocycles. The molecule has 0 bridgehead atoms. The third-order valence-electron chi connectivity index (χ3n) is 1.64. The van der Waals surface area contributed by atoms with E-state index in [0.717, 1.165) is 0 Å². The number of benzene rings is 1. The van der Waals surface area contributed by atoms with Gasteiger partial charge in [0.05, 0.1) is 10.7 Å². The summed E-state index contributed by atoms with van der Waals surface area (Å²) in [6, 6.07) is 2.92. The largest absolute Gasteiger partial charge is 0.508 e. The van der Waals surface area contributed by atoms with Crippen LogP contribution in [0.15, 0.2) is 12.1 Å². The zero-order chi connectivity index (χ0) is 9.84. The van der Waals surface area contributed by atoms with Gasteiger partial charge in [-0.25, -0.2) is 0 Å². The maximum Gasteiger partial charge on any atom is 0.211 e. The van der Waals surface area contributed by atoms with Crippen LogP contribution in [0.4, 0.5) is 5.69 Å². The van der Waals surface area contributed by atoms with Gasteiger partial charge in [-0.05, 0) is 12.1 Å². The van der Waals surface area contributed by atoms with E-state index in [1.807, 2.05) is 0 Å². The van der Waals surface area contributed by atoms with E-state index < -0.39 is 0 Å². The zero-order valence-electron chi connectivity index (χ0n) is 6.75. The molecule has 1 amide bonds. The fraction of sp³-hybridized carbons (Fsp3) is 0.125. The van der Waals surface area contributed by atoms with Gasteiger partial charge in [0.2, 0.25) is 6.41 Å². The Morgan fingerprint density at radius 1 is 1.62 bits per heavy atom. The number of nitrogens with two attached hydrogens (primary N) is 1. The van der Waals surface area contributed by atoms with Crippen LogP contribution in [0.1, 0.15) is 5.56 Å². The molecule has 5 heteroatoms. The molecule has 1 aromatic carbocycles. The molecule has 0 unspecified atom stereocenters. The second-order valence-corrected chi connectivity index (χ2v) is 2.79. The maximum atomic E-state index is 10.2. The minimum Gasteiger partial charge on any atom is -0.508 e. The van der Waals surface area contributed by atoms with E-state index in [9.17, 15) is 9.90 Å².